The fourth-order valence-electron chi connectivity index (χ4n) is 1.89. The maximum absolute atomic E-state index is 13.4. The molecular formula is C12H8F16O. The summed E-state index contributed by atoms with van der Waals surface area (Å²) in [6.07, 6.45) is -11.4. The van der Waals surface area contributed by atoms with Gasteiger partial charge in [0.05, 0.1) is 12.7 Å². The molecule has 1 fully saturated rings. The van der Waals surface area contributed by atoms with E-state index >= 15 is 0 Å². The molecule has 0 spiro atoms. The zero-order valence-corrected chi connectivity index (χ0v) is 13.4. The van der Waals surface area contributed by atoms with Crippen molar-refractivity contribution in [3.63, 3.8) is 0 Å². The topological polar surface area (TPSA) is 12.5 Å². The van der Waals surface area contributed by atoms with Gasteiger partial charge in [0.2, 0.25) is 0 Å². The Morgan fingerprint density at radius 1 is 0.586 bits per heavy atom. The van der Waals surface area contributed by atoms with Gasteiger partial charge in [-0.15, -0.1) is 0 Å². The van der Waals surface area contributed by atoms with Crippen molar-refractivity contribution in [2.45, 2.75) is 66.8 Å². The quantitative estimate of drug-likeness (QED) is 0.318. The molecule has 0 aliphatic carbocycles. The highest BCUT2D eigenvalue weighted by atomic mass is 19.4. The molecule has 17 heteroatoms. The van der Waals surface area contributed by atoms with E-state index in [2.05, 4.69) is 4.74 Å². The van der Waals surface area contributed by atoms with Gasteiger partial charge in [-0.1, -0.05) is 0 Å². The van der Waals surface area contributed by atoms with Crippen molar-refractivity contribution in [3.8, 4) is 0 Å². The van der Waals surface area contributed by atoms with E-state index in [1.165, 1.54) is 0 Å². The lowest BCUT2D eigenvalue weighted by Crippen LogP contribution is -2.74. The maximum Gasteiger partial charge on any atom is 0.428 e. The first-order chi connectivity index (χ1) is 12.3. The highest BCUT2D eigenvalue weighted by molar-refractivity contribution is 5.16. The Hall–Kier alpha value is -1.16. The summed E-state index contributed by atoms with van der Waals surface area (Å²) in [5.41, 5.74) is -6.65. The summed E-state index contributed by atoms with van der Waals surface area (Å²) in [7, 11) is 0. The molecule has 0 aromatic heterocycles. The van der Waals surface area contributed by atoms with Crippen LogP contribution in [0.1, 0.15) is 13.3 Å². The van der Waals surface area contributed by atoms with E-state index in [9.17, 15) is 70.2 Å². The van der Waals surface area contributed by atoms with E-state index in [0.717, 1.165) is 0 Å². The average molecular weight is 472 g/mol. The predicted molar refractivity (Wildman–Crippen MR) is 59.6 cm³/mol. The van der Waals surface area contributed by atoms with Crippen LogP contribution in [0.25, 0.3) is 0 Å². The number of epoxide rings is 1. The molecule has 0 radical (unpaired) electrons. The van der Waals surface area contributed by atoms with E-state index in [0.29, 0.717) is 0 Å². The Morgan fingerprint density at radius 2 is 0.897 bits per heavy atom. The Labute approximate surface area is 150 Å². The van der Waals surface area contributed by atoms with Crippen LogP contribution in [-0.4, -0.2) is 60.1 Å². The monoisotopic (exact) mass is 472 g/mol. The molecule has 1 heterocycles. The fraction of sp³-hybridized carbons (Fsp3) is 1.00. The molecule has 0 N–H and O–H groups in total. The van der Waals surface area contributed by atoms with Gasteiger partial charge in [-0.25, -0.2) is 4.39 Å². The average Bonchev–Trinajstić information content (AvgIpc) is 3.27. The maximum atomic E-state index is 13.4. The van der Waals surface area contributed by atoms with Crippen LogP contribution in [0.5, 0.6) is 0 Å². The van der Waals surface area contributed by atoms with Gasteiger partial charge >= 0.3 is 41.7 Å². The van der Waals surface area contributed by atoms with Crippen LogP contribution in [0.3, 0.4) is 0 Å². The van der Waals surface area contributed by atoms with Crippen molar-refractivity contribution in [1.29, 1.82) is 0 Å². The third kappa shape index (κ3) is 3.40. The van der Waals surface area contributed by atoms with E-state index in [-0.39, 0.29) is 0 Å². The molecular weight excluding hydrogens is 464 g/mol. The van der Waals surface area contributed by atoms with E-state index in [1.807, 2.05) is 0 Å². The number of hydrogen-bond acceptors (Lipinski definition) is 1. The Balaban J connectivity index is 3.52. The summed E-state index contributed by atoms with van der Waals surface area (Å²) in [6, 6.07) is 0. The SMILES string of the molecule is CC(F)(C(F)(F)F)C(F)(F)C(F)(F)C(F)(F)C(F)(F)C(F)(F)C(F)(F)CC1CO1. The molecule has 1 saturated heterocycles. The highest BCUT2D eigenvalue weighted by Crippen LogP contribution is 2.64. The zero-order valence-electron chi connectivity index (χ0n) is 13.4. The van der Waals surface area contributed by atoms with Crippen LogP contribution >= 0.6 is 0 Å². The van der Waals surface area contributed by atoms with Gasteiger partial charge in [0, 0.05) is 6.42 Å². The number of rotatable bonds is 8. The van der Waals surface area contributed by atoms with Gasteiger partial charge in [-0.05, 0) is 6.92 Å². The Morgan fingerprint density at radius 3 is 1.21 bits per heavy atom. The van der Waals surface area contributed by atoms with Crippen LogP contribution in [-0.2, 0) is 4.74 Å². The van der Waals surface area contributed by atoms with E-state index in [4.69, 9.17) is 0 Å². The van der Waals surface area contributed by atoms with E-state index in [1.54, 1.807) is 0 Å². The molecule has 29 heavy (non-hydrogen) atoms. The van der Waals surface area contributed by atoms with Crippen LogP contribution in [0.15, 0.2) is 0 Å². The first kappa shape index (κ1) is 25.9. The molecule has 0 aromatic rings. The highest BCUT2D eigenvalue weighted by Gasteiger charge is 2.93. The van der Waals surface area contributed by atoms with Crippen molar-refractivity contribution in [1.82, 2.24) is 0 Å². The minimum absolute atomic E-state index is 0.742. The summed E-state index contributed by atoms with van der Waals surface area (Å²) in [6.45, 7) is -2.19. The standard InChI is InChI=1S/C12H8F16O/c1-5(13,12(26,27)28)7(16,17)9(20,21)11(24,25)10(22,23)8(18,19)6(14,15)2-4-3-29-4/h4H,2-3H2,1H3. The lowest BCUT2D eigenvalue weighted by molar-refractivity contribution is -0.445. The fourth-order valence-corrected chi connectivity index (χ4v) is 1.89. The molecule has 2 atom stereocenters. The number of hydrogen-bond donors (Lipinski definition) is 0. The molecule has 2 unspecified atom stereocenters. The minimum atomic E-state index is -8.28. The van der Waals surface area contributed by atoms with Crippen molar-refractivity contribution >= 4 is 0 Å². The Bertz CT molecular complexity index is 614. The largest absolute Gasteiger partial charge is 0.428 e. The van der Waals surface area contributed by atoms with Crippen LogP contribution < -0.4 is 0 Å². The van der Waals surface area contributed by atoms with Crippen LogP contribution in [0.2, 0.25) is 0 Å². The number of ether oxygens (including phenoxy) is 1. The lowest BCUT2D eigenvalue weighted by Gasteiger charge is -2.44. The summed E-state index contributed by atoms with van der Waals surface area (Å²) < 4.78 is 214. The first-order valence-corrected chi connectivity index (χ1v) is 6.97. The summed E-state index contributed by atoms with van der Waals surface area (Å²) in [5, 5.41) is 0. The number of alkyl halides is 16. The molecule has 0 bridgehead atoms. The molecule has 1 rings (SSSR count). The van der Waals surface area contributed by atoms with Crippen molar-refractivity contribution in [2.24, 2.45) is 0 Å². The van der Waals surface area contributed by atoms with Gasteiger partial charge in [0.1, 0.15) is 0 Å². The third-order valence-electron chi connectivity index (χ3n) is 4.05. The molecule has 0 saturated carbocycles. The van der Waals surface area contributed by atoms with Gasteiger partial charge in [-0.3, -0.25) is 0 Å². The second-order valence-corrected chi connectivity index (χ2v) is 6.24. The Kier molecular flexibility index (Phi) is 5.73. The molecule has 174 valence electrons. The van der Waals surface area contributed by atoms with Gasteiger partial charge < -0.3 is 4.74 Å². The van der Waals surface area contributed by atoms with Gasteiger partial charge in [-0.2, -0.15) is 65.9 Å². The van der Waals surface area contributed by atoms with Crippen LogP contribution in [0.4, 0.5) is 70.2 Å². The van der Waals surface area contributed by atoms with Crippen molar-refractivity contribution in [3.05, 3.63) is 0 Å². The molecule has 1 aliphatic rings. The lowest BCUT2D eigenvalue weighted by atomic mass is 9.84. The second-order valence-electron chi connectivity index (χ2n) is 6.24. The first-order valence-electron chi connectivity index (χ1n) is 6.97. The summed E-state index contributed by atoms with van der Waals surface area (Å²) in [5.74, 6) is -46.1. The van der Waals surface area contributed by atoms with Crippen molar-refractivity contribution in [2.75, 3.05) is 6.61 Å². The normalized spacial score (nSPS) is 22.4. The molecule has 0 amide bonds. The molecule has 0 aromatic carbocycles. The predicted octanol–water partition coefficient (Wildman–Crippen LogP) is 5.88. The van der Waals surface area contributed by atoms with E-state index < -0.39 is 73.4 Å². The van der Waals surface area contributed by atoms with Gasteiger partial charge in [0.25, 0.3) is 5.67 Å². The molecule has 1 aliphatic heterocycles. The smallest absolute Gasteiger partial charge is 0.373 e. The van der Waals surface area contributed by atoms with Crippen molar-refractivity contribution < 1.29 is 75.0 Å². The van der Waals surface area contributed by atoms with Gasteiger partial charge in [0.15, 0.2) is 0 Å². The number of halogens is 16. The third-order valence-corrected chi connectivity index (χ3v) is 4.05. The second kappa shape index (κ2) is 6.42. The minimum Gasteiger partial charge on any atom is -0.373 e. The summed E-state index contributed by atoms with van der Waals surface area (Å²) >= 11 is 0. The summed E-state index contributed by atoms with van der Waals surface area (Å²) in [4.78, 5) is 0. The molecule has 1 nitrogen and oxygen atoms in total. The zero-order chi connectivity index (χ0) is 23.7. The van der Waals surface area contributed by atoms with Crippen LogP contribution in [0, 0.1) is 0 Å².